The van der Waals surface area contributed by atoms with Crippen molar-refractivity contribution in [3.63, 3.8) is 0 Å². The first-order valence-corrected chi connectivity index (χ1v) is 5.27. The Morgan fingerprint density at radius 1 is 1.50 bits per heavy atom. The van der Waals surface area contributed by atoms with E-state index in [1.807, 2.05) is 0 Å². The molecular weight excluding hydrogens is 198 g/mol. The number of phenols is 1. The summed E-state index contributed by atoms with van der Waals surface area (Å²) in [4.78, 5) is 0. The Kier molecular flexibility index (Phi) is 4.23. The Morgan fingerprint density at radius 2 is 2.21 bits per heavy atom. The minimum Gasteiger partial charge on any atom is -0.508 e. The van der Waals surface area contributed by atoms with Crippen molar-refractivity contribution in [2.24, 2.45) is 5.73 Å². The van der Waals surface area contributed by atoms with Gasteiger partial charge in [0.25, 0.3) is 0 Å². The quantitative estimate of drug-likeness (QED) is 0.807. The predicted octanol–water partition coefficient (Wildman–Crippen LogP) is 3.24. The van der Waals surface area contributed by atoms with Crippen molar-refractivity contribution in [2.45, 2.75) is 32.2 Å². The van der Waals surface area contributed by atoms with Gasteiger partial charge < -0.3 is 10.8 Å². The SMILES string of the molecule is CCCC[C@H](N)c1cc(Cl)ccc1O. The van der Waals surface area contributed by atoms with Crippen LogP contribution < -0.4 is 5.73 Å². The van der Waals surface area contributed by atoms with E-state index in [2.05, 4.69) is 6.92 Å². The molecule has 1 aromatic carbocycles. The van der Waals surface area contributed by atoms with E-state index in [1.165, 1.54) is 0 Å². The van der Waals surface area contributed by atoms with Gasteiger partial charge in [-0.3, -0.25) is 0 Å². The number of unbranched alkanes of at least 4 members (excludes halogenated alkanes) is 1. The maximum Gasteiger partial charge on any atom is 0.120 e. The molecule has 0 bridgehead atoms. The Morgan fingerprint density at radius 3 is 2.86 bits per heavy atom. The van der Waals surface area contributed by atoms with Crippen LogP contribution in [0.4, 0.5) is 0 Å². The minimum atomic E-state index is -0.117. The number of hydrogen-bond acceptors (Lipinski definition) is 2. The fraction of sp³-hybridized carbons (Fsp3) is 0.455. The second-order valence-electron chi connectivity index (χ2n) is 3.45. The number of rotatable bonds is 4. The van der Waals surface area contributed by atoms with Crippen molar-refractivity contribution in [3.8, 4) is 5.75 Å². The van der Waals surface area contributed by atoms with Crippen molar-refractivity contribution in [1.29, 1.82) is 0 Å². The van der Waals surface area contributed by atoms with Crippen molar-refractivity contribution in [2.75, 3.05) is 0 Å². The molecule has 1 atom stereocenters. The lowest BCUT2D eigenvalue weighted by atomic mass is 10.0. The Hall–Kier alpha value is -0.730. The smallest absolute Gasteiger partial charge is 0.120 e. The van der Waals surface area contributed by atoms with Gasteiger partial charge in [0.05, 0.1) is 0 Å². The van der Waals surface area contributed by atoms with Gasteiger partial charge in [0, 0.05) is 16.6 Å². The second kappa shape index (κ2) is 5.23. The van der Waals surface area contributed by atoms with Crippen LogP contribution in [-0.4, -0.2) is 5.11 Å². The molecule has 0 aliphatic heterocycles. The molecule has 0 heterocycles. The molecule has 0 radical (unpaired) electrons. The number of nitrogens with two attached hydrogens (primary N) is 1. The molecule has 78 valence electrons. The minimum absolute atomic E-state index is 0.117. The highest BCUT2D eigenvalue weighted by Gasteiger charge is 2.10. The lowest BCUT2D eigenvalue weighted by molar-refractivity contribution is 0.456. The van der Waals surface area contributed by atoms with E-state index in [4.69, 9.17) is 17.3 Å². The second-order valence-corrected chi connectivity index (χ2v) is 3.89. The predicted molar refractivity (Wildman–Crippen MR) is 59.6 cm³/mol. The van der Waals surface area contributed by atoms with E-state index in [1.54, 1.807) is 18.2 Å². The number of phenolic OH excluding ortho intramolecular Hbond substituents is 1. The summed E-state index contributed by atoms with van der Waals surface area (Å²) in [6.07, 6.45) is 3.05. The molecular formula is C11H16ClNO. The molecule has 0 amide bonds. The Labute approximate surface area is 89.7 Å². The van der Waals surface area contributed by atoms with Crippen molar-refractivity contribution < 1.29 is 5.11 Å². The highest BCUT2D eigenvalue weighted by atomic mass is 35.5. The first-order valence-electron chi connectivity index (χ1n) is 4.89. The number of aromatic hydroxyl groups is 1. The van der Waals surface area contributed by atoms with Gasteiger partial charge >= 0.3 is 0 Å². The van der Waals surface area contributed by atoms with Gasteiger partial charge in [-0.05, 0) is 24.6 Å². The van der Waals surface area contributed by atoms with Crippen LogP contribution in [0.2, 0.25) is 5.02 Å². The van der Waals surface area contributed by atoms with E-state index < -0.39 is 0 Å². The van der Waals surface area contributed by atoms with E-state index in [-0.39, 0.29) is 11.8 Å². The number of benzene rings is 1. The topological polar surface area (TPSA) is 46.2 Å². The summed E-state index contributed by atoms with van der Waals surface area (Å²) in [5, 5.41) is 10.2. The van der Waals surface area contributed by atoms with Crippen molar-refractivity contribution in [1.82, 2.24) is 0 Å². The first-order chi connectivity index (χ1) is 6.65. The maximum absolute atomic E-state index is 9.57. The van der Waals surface area contributed by atoms with Gasteiger partial charge in [-0.1, -0.05) is 31.4 Å². The van der Waals surface area contributed by atoms with Crippen LogP contribution in [-0.2, 0) is 0 Å². The zero-order valence-electron chi connectivity index (χ0n) is 8.33. The lowest BCUT2D eigenvalue weighted by Crippen LogP contribution is -2.10. The summed E-state index contributed by atoms with van der Waals surface area (Å²) < 4.78 is 0. The molecule has 1 rings (SSSR count). The van der Waals surface area contributed by atoms with Crippen LogP contribution in [0.5, 0.6) is 5.75 Å². The number of halogens is 1. The summed E-state index contributed by atoms with van der Waals surface area (Å²) in [6.45, 7) is 2.12. The molecule has 3 heteroatoms. The molecule has 0 aliphatic carbocycles. The Balaban J connectivity index is 2.77. The standard InChI is InChI=1S/C11H16ClNO/c1-2-3-4-10(13)9-7-8(12)5-6-11(9)14/h5-7,10,14H,2-4,13H2,1H3/t10-/m0/s1. The van der Waals surface area contributed by atoms with Crippen LogP contribution in [0.25, 0.3) is 0 Å². The third kappa shape index (κ3) is 2.89. The molecule has 0 saturated heterocycles. The summed E-state index contributed by atoms with van der Waals surface area (Å²) in [5.74, 6) is 0.234. The van der Waals surface area contributed by atoms with Gasteiger partial charge in [0.15, 0.2) is 0 Å². The van der Waals surface area contributed by atoms with Gasteiger partial charge in [0.1, 0.15) is 5.75 Å². The van der Waals surface area contributed by atoms with Crippen LogP contribution >= 0.6 is 11.6 Å². The molecule has 14 heavy (non-hydrogen) atoms. The molecule has 0 spiro atoms. The van der Waals surface area contributed by atoms with Gasteiger partial charge in [0.2, 0.25) is 0 Å². The summed E-state index contributed by atoms with van der Waals surface area (Å²) in [6, 6.07) is 4.86. The average molecular weight is 214 g/mol. The van der Waals surface area contributed by atoms with Crippen LogP contribution in [0.15, 0.2) is 18.2 Å². The van der Waals surface area contributed by atoms with Gasteiger partial charge in [-0.25, -0.2) is 0 Å². The first kappa shape index (κ1) is 11.3. The summed E-state index contributed by atoms with van der Waals surface area (Å²) in [5.41, 5.74) is 6.67. The normalized spacial score (nSPS) is 12.8. The van der Waals surface area contributed by atoms with E-state index in [9.17, 15) is 5.11 Å². The van der Waals surface area contributed by atoms with Gasteiger partial charge in [-0.2, -0.15) is 0 Å². The molecule has 2 nitrogen and oxygen atoms in total. The fourth-order valence-corrected chi connectivity index (χ4v) is 1.58. The fourth-order valence-electron chi connectivity index (χ4n) is 1.40. The summed E-state index contributed by atoms with van der Waals surface area (Å²) in [7, 11) is 0. The zero-order chi connectivity index (χ0) is 10.6. The Bertz CT molecular complexity index is 301. The van der Waals surface area contributed by atoms with Crippen LogP contribution in [0.3, 0.4) is 0 Å². The van der Waals surface area contributed by atoms with E-state index >= 15 is 0 Å². The molecule has 0 unspecified atom stereocenters. The third-order valence-corrected chi connectivity index (χ3v) is 2.49. The molecule has 3 N–H and O–H groups in total. The van der Waals surface area contributed by atoms with E-state index in [0.29, 0.717) is 5.02 Å². The highest BCUT2D eigenvalue weighted by molar-refractivity contribution is 6.30. The average Bonchev–Trinajstić information content (AvgIpc) is 2.18. The molecule has 0 saturated carbocycles. The monoisotopic (exact) mass is 213 g/mol. The highest BCUT2D eigenvalue weighted by Crippen LogP contribution is 2.28. The zero-order valence-corrected chi connectivity index (χ0v) is 9.09. The largest absolute Gasteiger partial charge is 0.508 e. The van der Waals surface area contributed by atoms with Gasteiger partial charge in [-0.15, -0.1) is 0 Å². The maximum atomic E-state index is 9.57. The van der Waals surface area contributed by atoms with Crippen molar-refractivity contribution in [3.05, 3.63) is 28.8 Å². The van der Waals surface area contributed by atoms with Crippen LogP contribution in [0.1, 0.15) is 37.8 Å². The molecule has 1 aromatic rings. The molecule has 0 aliphatic rings. The van der Waals surface area contributed by atoms with Crippen molar-refractivity contribution >= 4 is 11.6 Å². The summed E-state index contributed by atoms with van der Waals surface area (Å²) >= 11 is 5.83. The van der Waals surface area contributed by atoms with Crippen LogP contribution in [0, 0.1) is 0 Å². The number of hydrogen-bond donors (Lipinski definition) is 2. The molecule has 0 aromatic heterocycles. The van der Waals surface area contributed by atoms with E-state index in [0.717, 1.165) is 24.8 Å². The molecule has 0 fully saturated rings. The third-order valence-electron chi connectivity index (χ3n) is 2.26. The lowest BCUT2D eigenvalue weighted by Gasteiger charge is -2.13.